The van der Waals surface area contributed by atoms with Crippen molar-refractivity contribution in [3.8, 4) is 22.4 Å². The van der Waals surface area contributed by atoms with Crippen LogP contribution in [-0.4, -0.2) is 8.07 Å². The van der Waals surface area contributed by atoms with Gasteiger partial charge in [0.15, 0.2) is 14.3 Å². The number of rotatable bonds is 5. The third-order valence-corrected chi connectivity index (χ3v) is 15.2. The fourth-order valence-electron chi connectivity index (χ4n) is 7.47. The highest BCUT2D eigenvalue weighted by atomic mass is 28.3. The molecule has 0 saturated heterocycles. The van der Waals surface area contributed by atoms with E-state index in [2.05, 4.69) is 181 Å². The molecule has 43 heavy (non-hydrogen) atoms. The predicted molar refractivity (Wildman–Crippen MR) is 187 cm³/mol. The Morgan fingerprint density at radius 3 is 1.72 bits per heavy atom. The average Bonchev–Trinajstić information content (AvgIpc) is 2.98. The lowest BCUT2D eigenvalue weighted by atomic mass is 9.92. The van der Waals surface area contributed by atoms with Gasteiger partial charge in [-0.25, -0.2) is 4.57 Å². The third kappa shape index (κ3) is 4.84. The van der Waals surface area contributed by atoms with E-state index in [1.165, 1.54) is 65.4 Å². The number of hydrogen-bond donors (Lipinski definition) is 0. The molecule has 2 heteroatoms. The van der Waals surface area contributed by atoms with Gasteiger partial charge in [-0.3, -0.25) is 0 Å². The lowest BCUT2D eigenvalue weighted by Crippen LogP contribution is -2.72. The van der Waals surface area contributed by atoms with Crippen LogP contribution in [-0.2, 0) is 7.05 Å². The van der Waals surface area contributed by atoms with Crippen molar-refractivity contribution < 1.29 is 4.57 Å². The van der Waals surface area contributed by atoms with Crippen molar-refractivity contribution in [2.24, 2.45) is 7.05 Å². The molecule has 0 unspecified atom stereocenters. The van der Waals surface area contributed by atoms with Crippen LogP contribution >= 0.6 is 0 Å². The van der Waals surface area contributed by atoms with E-state index in [4.69, 9.17) is 0 Å². The molecule has 1 nitrogen and oxygen atoms in total. The van der Waals surface area contributed by atoms with E-state index >= 15 is 0 Å². The van der Waals surface area contributed by atoms with E-state index < -0.39 is 8.07 Å². The molecule has 0 aliphatic carbocycles. The SMILES string of the molecule is Cc1cc(-c2c(C)cccc2C)ccc1-c1c2ccc([Si](c3ccccc3)(c3ccccc3)C(C)(C)C)cc2cc[n+]1C. The zero-order chi connectivity index (χ0) is 30.4. The van der Waals surface area contributed by atoms with Gasteiger partial charge in [0, 0.05) is 11.6 Å². The molecule has 0 amide bonds. The van der Waals surface area contributed by atoms with Gasteiger partial charge in [0.2, 0.25) is 5.69 Å². The molecule has 0 aliphatic rings. The highest BCUT2D eigenvalue weighted by Gasteiger charge is 2.49. The molecule has 1 heterocycles. The second kappa shape index (κ2) is 11.1. The molecule has 0 radical (unpaired) electrons. The summed E-state index contributed by atoms with van der Waals surface area (Å²) in [4.78, 5) is 0. The molecule has 6 aromatic rings. The highest BCUT2D eigenvalue weighted by molar-refractivity contribution is 7.13. The zero-order valence-electron chi connectivity index (χ0n) is 26.6. The minimum Gasteiger partial charge on any atom is -0.200 e. The Morgan fingerprint density at radius 1 is 0.558 bits per heavy atom. The summed E-state index contributed by atoms with van der Waals surface area (Å²) in [6, 6.07) is 45.7. The van der Waals surface area contributed by atoms with Crippen molar-refractivity contribution in [1.82, 2.24) is 0 Å². The molecular formula is C41H42NSi+. The maximum absolute atomic E-state index is 2.50. The van der Waals surface area contributed by atoms with Crippen molar-refractivity contribution in [2.75, 3.05) is 0 Å². The van der Waals surface area contributed by atoms with Gasteiger partial charge in [-0.05, 0) is 86.7 Å². The first-order valence-corrected chi connectivity index (χ1v) is 17.3. The minimum absolute atomic E-state index is 0.0474. The van der Waals surface area contributed by atoms with E-state index in [0.717, 1.165) is 0 Å². The Hall–Kier alpha value is -4.27. The molecule has 0 aliphatic heterocycles. The molecule has 214 valence electrons. The van der Waals surface area contributed by atoms with E-state index in [-0.39, 0.29) is 5.04 Å². The predicted octanol–water partition coefficient (Wildman–Crippen LogP) is 8.19. The first-order valence-electron chi connectivity index (χ1n) is 15.3. The lowest BCUT2D eigenvalue weighted by molar-refractivity contribution is -0.659. The number of nitrogens with zero attached hydrogens (tertiary/aromatic N) is 1. The number of benzene rings is 5. The Morgan fingerprint density at radius 2 is 1.16 bits per heavy atom. The molecular weight excluding hydrogens is 535 g/mol. The molecule has 0 fully saturated rings. The summed E-state index contributed by atoms with van der Waals surface area (Å²) in [5.41, 5.74) is 9.10. The van der Waals surface area contributed by atoms with Crippen LogP contribution in [0, 0.1) is 20.8 Å². The third-order valence-electron chi connectivity index (χ3n) is 9.36. The molecule has 0 N–H and O–H groups in total. The van der Waals surface area contributed by atoms with Gasteiger partial charge in [-0.1, -0.05) is 124 Å². The Bertz CT molecular complexity index is 1870. The Balaban J connectivity index is 1.57. The van der Waals surface area contributed by atoms with E-state index in [0.29, 0.717) is 0 Å². The number of pyridine rings is 1. The monoisotopic (exact) mass is 576 g/mol. The molecule has 0 bridgehead atoms. The van der Waals surface area contributed by atoms with Gasteiger partial charge in [0.1, 0.15) is 7.05 Å². The first-order chi connectivity index (χ1) is 20.6. The molecule has 0 spiro atoms. The number of aromatic nitrogens is 1. The highest BCUT2D eigenvalue weighted by Crippen LogP contribution is 2.37. The first kappa shape index (κ1) is 28.8. The smallest absolute Gasteiger partial charge is 0.200 e. The Labute approximate surface area is 258 Å². The van der Waals surface area contributed by atoms with Crippen molar-refractivity contribution in [3.63, 3.8) is 0 Å². The van der Waals surface area contributed by atoms with Crippen LogP contribution < -0.4 is 20.1 Å². The van der Waals surface area contributed by atoms with Crippen molar-refractivity contribution in [3.05, 3.63) is 144 Å². The fraction of sp³-hybridized carbons (Fsp3) is 0.195. The summed E-state index contributed by atoms with van der Waals surface area (Å²) >= 11 is 0. The summed E-state index contributed by atoms with van der Waals surface area (Å²) in [6.07, 6.45) is 2.23. The lowest BCUT2D eigenvalue weighted by Gasteiger charge is -2.44. The van der Waals surface area contributed by atoms with Crippen LogP contribution in [0.5, 0.6) is 0 Å². The maximum Gasteiger partial charge on any atom is 0.220 e. The van der Waals surface area contributed by atoms with Gasteiger partial charge in [-0.15, -0.1) is 0 Å². The summed E-state index contributed by atoms with van der Waals surface area (Å²) < 4.78 is 2.28. The minimum atomic E-state index is -2.43. The number of hydrogen-bond acceptors (Lipinski definition) is 0. The van der Waals surface area contributed by atoms with E-state index in [9.17, 15) is 0 Å². The van der Waals surface area contributed by atoms with Crippen LogP contribution in [0.2, 0.25) is 5.04 Å². The molecule has 1 aromatic heterocycles. The maximum atomic E-state index is 2.50. The van der Waals surface area contributed by atoms with Crippen LogP contribution in [0.25, 0.3) is 33.2 Å². The van der Waals surface area contributed by atoms with Crippen molar-refractivity contribution >= 4 is 34.4 Å². The fourth-order valence-corrected chi connectivity index (χ4v) is 13.2. The van der Waals surface area contributed by atoms with Crippen LogP contribution in [0.15, 0.2) is 128 Å². The van der Waals surface area contributed by atoms with Crippen LogP contribution in [0.3, 0.4) is 0 Å². The molecule has 6 rings (SSSR count). The van der Waals surface area contributed by atoms with E-state index in [1.807, 2.05) is 0 Å². The summed E-state index contributed by atoms with van der Waals surface area (Å²) in [5.74, 6) is 0. The summed E-state index contributed by atoms with van der Waals surface area (Å²) in [7, 11) is -0.256. The summed E-state index contributed by atoms with van der Waals surface area (Å²) in [5, 5.41) is 6.98. The van der Waals surface area contributed by atoms with Crippen molar-refractivity contribution in [1.29, 1.82) is 0 Å². The molecule has 5 aromatic carbocycles. The topological polar surface area (TPSA) is 3.88 Å². The zero-order valence-corrected chi connectivity index (χ0v) is 27.6. The standard InChI is InChI=1S/C41H42NSi/c1-29-15-14-16-30(2)39(29)33-21-23-37(31(3)27-33)40-38-24-22-36(28-32(38)25-26-42(40)7)43(41(4,5)6,34-17-10-8-11-18-34)35-19-12-9-13-20-35/h8-28H,1-7H3/q+1. The van der Waals surface area contributed by atoms with Gasteiger partial charge >= 0.3 is 0 Å². The molecule has 0 saturated carbocycles. The summed E-state index contributed by atoms with van der Waals surface area (Å²) in [6.45, 7) is 14.0. The quantitative estimate of drug-likeness (QED) is 0.111. The van der Waals surface area contributed by atoms with Gasteiger partial charge < -0.3 is 0 Å². The van der Waals surface area contributed by atoms with Crippen molar-refractivity contribution in [2.45, 2.75) is 46.6 Å². The van der Waals surface area contributed by atoms with Crippen LogP contribution in [0.4, 0.5) is 0 Å². The molecule has 0 atom stereocenters. The second-order valence-electron chi connectivity index (χ2n) is 13.1. The number of fused-ring (bicyclic) bond motifs is 1. The number of aryl methyl sites for hydroxylation is 4. The van der Waals surface area contributed by atoms with E-state index in [1.54, 1.807) is 0 Å². The average molecular weight is 577 g/mol. The van der Waals surface area contributed by atoms with Gasteiger partial charge in [-0.2, -0.15) is 0 Å². The van der Waals surface area contributed by atoms with Crippen LogP contribution in [0.1, 0.15) is 37.5 Å². The largest absolute Gasteiger partial charge is 0.220 e. The normalized spacial score (nSPS) is 12.1. The van der Waals surface area contributed by atoms with Gasteiger partial charge in [0.25, 0.3) is 0 Å². The van der Waals surface area contributed by atoms with Gasteiger partial charge in [0.05, 0.1) is 5.39 Å². The Kier molecular flexibility index (Phi) is 7.44. The second-order valence-corrected chi connectivity index (χ2v) is 17.8.